The Hall–Kier alpha value is -3.60. The van der Waals surface area contributed by atoms with Gasteiger partial charge >= 0.3 is 0 Å². The summed E-state index contributed by atoms with van der Waals surface area (Å²) < 4.78 is 16.0. The smallest absolute Gasteiger partial charge is 0.277 e. The molecule has 30 heavy (non-hydrogen) atoms. The highest BCUT2D eigenvalue weighted by molar-refractivity contribution is 7.99. The summed E-state index contributed by atoms with van der Waals surface area (Å²) in [4.78, 5) is 22.7. The van der Waals surface area contributed by atoms with Crippen LogP contribution in [0.3, 0.4) is 0 Å². The maximum absolute atomic E-state index is 12.2. The van der Waals surface area contributed by atoms with Crippen LogP contribution in [0.5, 0.6) is 11.5 Å². The number of carbonyl (C=O) groups excluding carboxylic acids is 1. The normalized spacial score (nSPS) is 10.5. The largest absolute Gasteiger partial charge is 0.497 e. The lowest BCUT2D eigenvalue weighted by Gasteiger charge is -2.06. The molecular weight excluding hydrogens is 412 g/mol. The number of carbonyl (C=O) groups is 1. The minimum Gasteiger partial charge on any atom is -0.497 e. The molecule has 0 saturated carbocycles. The van der Waals surface area contributed by atoms with Crippen molar-refractivity contribution in [1.82, 2.24) is 10.2 Å². The summed E-state index contributed by atoms with van der Waals surface area (Å²) in [6.07, 6.45) is 0. The van der Waals surface area contributed by atoms with Gasteiger partial charge in [-0.3, -0.25) is 14.9 Å². The van der Waals surface area contributed by atoms with Gasteiger partial charge in [-0.25, -0.2) is 0 Å². The number of nitro groups is 1. The summed E-state index contributed by atoms with van der Waals surface area (Å²) >= 11 is 1.05. The van der Waals surface area contributed by atoms with Crippen molar-refractivity contribution < 1.29 is 23.6 Å². The zero-order valence-corrected chi connectivity index (χ0v) is 17.2. The van der Waals surface area contributed by atoms with Crippen LogP contribution in [0, 0.1) is 17.0 Å². The number of methoxy groups -OCH3 is 2. The van der Waals surface area contributed by atoms with Crippen LogP contribution in [0.4, 0.5) is 11.4 Å². The van der Waals surface area contributed by atoms with Gasteiger partial charge in [0.15, 0.2) is 0 Å². The van der Waals surface area contributed by atoms with E-state index in [0.29, 0.717) is 28.3 Å². The fourth-order valence-corrected chi connectivity index (χ4v) is 3.09. The number of thioether (sulfide) groups is 1. The summed E-state index contributed by atoms with van der Waals surface area (Å²) in [5, 5.41) is 21.7. The summed E-state index contributed by atoms with van der Waals surface area (Å²) in [5.74, 6) is 1.03. The van der Waals surface area contributed by atoms with E-state index in [-0.39, 0.29) is 28.5 Å². The Balaban J connectivity index is 1.64. The molecule has 10 nitrogen and oxygen atoms in total. The van der Waals surface area contributed by atoms with Gasteiger partial charge in [-0.1, -0.05) is 17.8 Å². The second-order valence-electron chi connectivity index (χ2n) is 6.07. The molecule has 11 heteroatoms. The zero-order chi connectivity index (χ0) is 21.7. The van der Waals surface area contributed by atoms with Gasteiger partial charge < -0.3 is 19.2 Å². The highest BCUT2D eigenvalue weighted by Crippen LogP contribution is 2.30. The van der Waals surface area contributed by atoms with E-state index in [1.54, 1.807) is 37.3 Å². The van der Waals surface area contributed by atoms with E-state index >= 15 is 0 Å². The van der Waals surface area contributed by atoms with E-state index in [1.807, 2.05) is 0 Å². The third-order valence-corrected chi connectivity index (χ3v) is 4.84. The molecule has 2 aromatic carbocycles. The molecule has 3 rings (SSSR count). The summed E-state index contributed by atoms with van der Waals surface area (Å²) in [6.45, 7) is 1.63. The summed E-state index contributed by atoms with van der Waals surface area (Å²) in [5.41, 5.74) is 1.41. The number of hydrogen-bond acceptors (Lipinski definition) is 9. The number of anilines is 1. The molecule has 0 saturated heterocycles. The first kappa shape index (κ1) is 21.1. The molecule has 0 atom stereocenters. The van der Waals surface area contributed by atoms with Crippen LogP contribution in [0.15, 0.2) is 46.0 Å². The SMILES string of the molecule is COc1cc(OC)cc(-c2nnc(SCC(=O)Nc3ccc(C)c([N+](=O)[O-])c3)o2)c1. The Morgan fingerprint density at radius 2 is 1.87 bits per heavy atom. The summed E-state index contributed by atoms with van der Waals surface area (Å²) in [7, 11) is 3.07. The number of rotatable bonds is 8. The van der Waals surface area contributed by atoms with Crippen molar-refractivity contribution in [3.05, 3.63) is 52.1 Å². The maximum Gasteiger partial charge on any atom is 0.277 e. The third-order valence-electron chi connectivity index (χ3n) is 4.02. The second-order valence-corrected chi connectivity index (χ2v) is 7.00. The van der Waals surface area contributed by atoms with Crippen LogP contribution in [-0.2, 0) is 4.79 Å². The maximum atomic E-state index is 12.2. The topological polar surface area (TPSA) is 130 Å². The van der Waals surface area contributed by atoms with E-state index in [0.717, 1.165) is 11.8 Å². The number of nitrogens with one attached hydrogen (secondary N) is 1. The van der Waals surface area contributed by atoms with E-state index < -0.39 is 4.92 Å². The third kappa shape index (κ3) is 5.06. The number of ether oxygens (including phenoxy) is 2. The Morgan fingerprint density at radius 1 is 1.17 bits per heavy atom. The number of amides is 1. The lowest BCUT2D eigenvalue weighted by atomic mass is 10.2. The first-order valence-electron chi connectivity index (χ1n) is 8.64. The standard InChI is InChI=1S/C19H18N4O6S/c1-11-4-5-13(8-16(11)23(25)26)20-17(24)10-30-19-22-21-18(29-19)12-6-14(27-2)9-15(7-12)28-3/h4-9H,10H2,1-3H3,(H,20,24). The molecule has 0 aliphatic rings. The molecule has 0 radical (unpaired) electrons. The number of aromatic nitrogens is 2. The minimum atomic E-state index is -0.493. The van der Waals surface area contributed by atoms with Crippen molar-refractivity contribution in [3.63, 3.8) is 0 Å². The molecule has 1 heterocycles. The number of benzene rings is 2. The molecule has 0 aliphatic carbocycles. The van der Waals surface area contributed by atoms with Gasteiger partial charge in [-0.15, -0.1) is 10.2 Å². The fraction of sp³-hybridized carbons (Fsp3) is 0.211. The van der Waals surface area contributed by atoms with Gasteiger partial charge in [-0.05, 0) is 25.1 Å². The molecule has 1 aromatic heterocycles. The van der Waals surface area contributed by atoms with Gasteiger partial charge in [0, 0.05) is 28.9 Å². The first-order chi connectivity index (χ1) is 14.4. The molecule has 3 aromatic rings. The highest BCUT2D eigenvalue weighted by atomic mass is 32.2. The summed E-state index contributed by atoms with van der Waals surface area (Å²) in [6, 6.07) is 9.66. The van der Waals surface area contributed by atoms with Crippen LogP contribution in [0.25, 0.3) is 11.5 Å². The van der Waals surface area contributed by atoms with Gasteiger partial charge in [0.2, 0.25) is 11.8 Å². The van der Waals surface area contributed by atoms with E-state index in [1.165, 1.54) is 20.3 Å². The molecule has 156 valence electrons. The Kier molecular flexibility index (Phi) is 6.52. The first-order valence-corrected chi connectivity index (χ1v) is 9.63. The molecule has 0 bridgehead atoms. The average molecular weight is 430 g/mol. The quantitative estimate of drug-likeness (QED) is 0.323. The predicted molar refractivity (Wildman–Crippen MR) is 110 cm³/mol. The lowest BCUT2D eigenvalue weighted by molar-refractivity contribution is -0.385. The molecule has 0 spiro atoms. The Labute approximate surface area is 175 Å². The van der Waals surface area contributed by atoms with Crippen LogP contribution >= 0.6 is 11.8 Å². The van der Waals surface area contributed by atoms with Crippen molar-refractivity contribution in [2.45, 2.75) is 12.1 Å². The van der Waals surface area contributed by atoms with Crippen molar-refractivity contribution in [2.75, 3.05) is 25.3 Å². The number of aryl methyl sites for hydroxylation is 1. The van der Waals surface area contributed by atoms with Crippen molar-refractivity contribution in [1.29, 1.82) is 0 Å². The van der Waals surface area contributed by atoms with Gasteiger partial charge in [0.05, 0.1) is 24.9 Å². The number of nitro benzene ring substituents is 1. The van der Waals surface area contributed by atoms with Crippen LogP contribution in [0.2, 0.25) is 0 Å². The van der Waals surface area contributed by atoms with Gasteiger partial charge in [0.25, 0.3) is 10.9 Å². The zero-order valence-electron chi connectivity index (χ0n) is 16.4. The minimum absolute atomic E-state index is 0.00919. The fourth-order valence-electron chi connectivity index (χ4n) is 2.52. The number of nitrogens with zero attached hydrogens (tertiary/aromatic N) is 3. The van der Waals surface area contributed by atoms with E-state index in [2.05, 4.69) is 15.5 Å². The van der Waals surface area contributed by atoms with Crippen LogP contribution in [0.1, 0.15) is 5.56 Å². The van der Waals surface area contributed by atoms with Crippen molar-refractivity contribution in [3.8, 4) is 23.0 Å². The van der Waals surface area contributed by atoms with Gasteiger partial charge in [0.1, 0.15) is 11.5 Å². The molecule has 0 aliphatic heterocycles. The average Bonchev–Trinajstić information content (AvgIpc) is 3.22. The molecule has 0 fully saturated rings. The number of hydrogen-bond donors (Lipinski definition) is 1. The highest BCUT2D eigenvalue weighted by Gasteiger charge is 2.15. The van der Waals surface area contributed by atoms with E-state index in [9.17, 15) is 14.9 Å². The van der Waals surface area contributed by atoms with Gasteiger partial charge in [-0.2, -0.15) is 0 Å². The van der Waals surface area contributed by atoms with Crippen LogP contribution < -0.4 is 14.8 Å². The molecule has 1 amide bonds. The Morgan fingerprint density at radius 3 is 2.50 bits per heavy atom. The Bertz CT molecular complexity index is 1060. The monoisotopic (exact) mass is 430 g/mol. The van der Waals surface area contributed by atoms with E-state index in [4.69, 9.17) is 13.9 Å². The van der Waals surface area contributed by atoms with Crippen LogP contribution in [-0.4, -0.2) is 41.0 Å². The van der Waals surface area contributed by atoms with Crippen molar-refractivity contribution >= 4 is 29.0 Å². The molecule has 0 unspecified atom stereocenters. The molecule has 1 N–H and O–H groups in total. The predicted octanol–water partition coefficient (Wildman–Crippen LogP) is 3.70. The molecular formula is C19H18N4O6S. The second kappa shape index (κ2) is 9.27. The van der Waals surface area contributed by atoms with Crippen molar-refractivity contribution in [2.24, 2.45) is 0 Å². The lowest BCUT2D eigenvalue weighted by Crippen LogP contribution is -2.14.